The number of halogens is 2. The number of alkyl carbamates (subject to hydrolysis) is 1. The summed E-state index contributed by atoms with van der Waals surface area (Å²) >= 11 is 3.22. The van der Waals surface area contributed by atoms with E-state index in [0.29, 0.717) is 16.8 Å². The summed E-state index contributed by atoms with van der Waals surface area (Å²) in [5, 5.41) is 5.43. The number of carbonyl (C=O) groups excluding carboxylic acids is 2. The molecule has 128 valence electrons. The Kier molecular flexibility index (Phi) is 8.02. The van der Waals surface area contributed by atoms with Crippen LogP contribution in [0.1, 0.15) is 37.6 Å². The van der Waals surface area contributed by atoms with E-state index in [1.807, 2.05) is 13.8 Å². The predicted octanol–water partition coefficient (Wildman–Crippen LogP) is 3.48. The highest BCUT2D eigenvalue weighted by atomic mass is 79.9. The molecule has 0 unspecified atom stereocenters. The van der Waals surface area contributed by atoms with Gasteiger partial charge in [-0.25, -0.2) is 9.18 Å². The molecule has 0 heterocycles. The standard InChI is InChI=1S/C16H22BrFN2O3/c1-4-23-16(22)20-12(7-10(2)3)9-19-15(21)13-8-11(18)5-6-14(13)17/h5-6,8,10,12H,4,7,9H2,1-3H3,(H,19,21)(H,20,22)/t12-/m0/s1. The maximum Gasteiger partial charge on any atom is 0.407 e. The van der Waals surface area contributed by atoms with E-state index in [4.69, 9.17) is 4.74 Å². The number of nitrogens with one attached hydrogen (secondary N) is 2. The van der Waals surface area contributed by atoms with E-state index in [9.17, 15) is 14.0 Å². The molecule has 23 heavy (non-hydrogen) atoms. The summed E-state index contributed by atoms with van der Waals surface area (Å²) in [7, 11) is 0. The summed E-state index contributed by atoms with van der Waals surface area (Å²) in [6, 6.07) is 3.65. The number of hydrogen-bond donors (Lipinski definition) is 2. The Bertz CT molecular complexity index is 552. The molecular formula is C16H22BrFN2O3. The molecular weight excluding hydrogens is 367 g/mol. The van der Waals surface area contributed by atoms with Gasteiger partial charge in [0, 0.05) is 17.1 Å². The van der Waals surface area contributed by atoms with Gasteiger partial charge in [-0.15, -0.1) is 0 Å². The maximum atomic E-state index is 13.3. The average molecular weight is 389 g/mol. The van der Waals surface area contributed by atoms with E-state index in [0.717, 1.165) is 6.07 Å². The summed E-state index contributed by atoms with van der Waals surface area (Å²) < 4.78 is 18.6. The highest BCUT2D eigenvalue weighted by Gasteiger charge is 2.17. The topological polar surface area (TPSA) is 67.4 Å². The Morgan fingerprint density at radius 2 is 2.04 bits per heavy atom. The zero-order valence-corrected chi connectivity index (χ0v) is 15.1. The second kappa shape index (κ2) is 9.50. The molecule has 5 nitrogen and oxygen atoms in total. The van der Waals surface area contributed by atoms with E-state index in [-0.39, 0.29) is 24.8 Å². The molecule has 1 aromatic carbocycles. The van der Waals surface area contributed by atoms with Gasteiger partial charge in [-0.3, -0.25) is 4.79 Å². The first-order chi connectivity index (χ1) is 10.8. The van der Waals surface area contributed by atoms with Crippen molar-refractivity contribution < 1.29 is 18.7 Å². The normalized spacial score (nSPS) is 11.9. The fourth-order valence-electron chi connectivity index (χ4n) is 2.08. The van der Waals surface area contributed by atoms with Crippen molar-refractivity contribution in [2.24, 2.45) is 5.92 Å². The highest BCUT2D eigenvalue weighted by Crippen LogP contribution is 2.17. The van der Waals surface area contributed by atoms with Crippen LogP contribution < -0.4 is 10.6 Å². The molecule has 1 atom stereocenters. The number of amides is 2. The lowest BCUT2D eigenvalue weighted by atomic mass is 10.0. The van der Waals surface area contributed by atoms with Crippen LogP contribution in [-0.2, 0) is 4.74 Å². The van der Waals surface area contributed by atoms with Crippen LogP contribution in [0.15, 0.2) is 22.7 Å². The number of carbonyl (C=O) groups is 2. The minimum Gasteiger partial charge on any atom is -0.450 e. The first-order valence-corrected chi connectivity index (χ1v) is 8.29. The van der Waals surface area contributed by atoms with Crippen LogP contribution in [0.3, 0.4) is 0 Å². The molecule has 7 heteroatoms. The molecule has 1 rings (SSSR count). The average Bonchev–Trinajstić information content (AvgIpc) is 2.46. The second-order valence-corrected chi connectivity index (χ2v) is 6.38. The van der Waals surface area contributed by atoms with Gasteiger partial charge in [0.2, 0.25) is 0 Å². The minimum atomic E-state index is -0.515. The zero-order valence-electron chi connectivity index (χ0n) is 13.5. The van der Waals surface area contributed by atoms with Crippen molar-refractivity contribution in [2.75, 3.05) is 13.2 Å². The molecule has 0 aromatic heterocycles. The summed E-state index contributed by atoms with van der Waals surface area (Å²) in [6.07, 6.45) is 0.169. The first kappa shape index (κ1) is 19.4. The molecule has 0 spiro atoms. The van der Waals surface area contributed by atoms with Gasteiger partial charge in [-0.2, -0.15) is 0 Å². The third-order valence-corrected chi connectivity index (χ3v) is 3.73. The zero-order chi connectivity index (χ0) is 17.4. The SMILES string of the molecule is CCOC(=O)N[C@H](CNC(=O)c1cc(F)ccc1Br)CC(C)C. The van der Waals surface area contributed by atoms with E-state index in [2.05, 4.69) is 26.6 Å². The Morgan fingerprint density at radius 3 is 2.65 bits per heavy atom. The third-order valence-electron chi connectivity index (χ3n) is 3.04. The van der Waals surface area contributed by atoms with Crippen LogP contribution >= 0.6 is 15.9 Å². The molecule has 1 aromatic rings. The number of rotatable bonds is 7. The van der Waals surface area contributed by atoms with Gasteiger partial charge in [0.15, 0.2) is 0 Å². The van der Waals surface area contributed by atoms with E-state index < -0.39 is 17.8 Å². The third kappa shape index (κ3) is 6.99. The monoisotopic (exact) mass is 388 g/mol. The van der Waals surface area contributed by atoms with Crippen molar-refractivity contribution in [2.45, 2.75) is 33.2 Å². The van der Waals surface area contributed by atoms with Crippen LogP contribution in [0.25, 0.3) is 0 Å². The Balaban J connectivity index is 2.67. The lowest BCUT2D eigenvalue weighted by Crippen LogP contribution is -2.44. The van der Waals surface area contributed by atoms with Gasteiger partial charge >= 0.3 is 6.09 Å². The lowest BCUT2D eigenvalue weighted by molar-refractivity contribution is 0.0943. The number of hydrogen-bond acceptors (Lipinski definition) is 3. The molecule has 0 saturated carbocycles. The Labute approximate surface area is 144 Å². The molecule has 0 saturated heterocycles. The molecule has 0 fully saturated rings. The van der Waals surface area contributed by atoms with Crippen LogP contribution in [0.5, 0.6) is 0 Å². The van der Waals surface area contributed by atoms with Crippen LogP contribution in [0.4, 0.5) is 9.18 Å². The highest BCUT2D eigenvalue weighted by molar-refractivity contribution is 9.10. The van der Waals surface area contributed by atoms with Crippen molar-refractivity contribution in [3.63, 3.8) is 0 Å². The predicted molar refractivity (Wildman–Crippen MR) is 89.8 cm³/mol. The molecule has 0 aliphatic carbocycles. The van der Waals surface area contributed by atoms with Gasteiger partial charge in [-0.05, 0) is 53.4 Å². The summed E-state index contributed by atoms with van der Waals surface area (Å²) in [6.45, 7) is 6.28. The summed E-state index contributed by atoms with van der Waals surface area (Å²) in [5.41, 5.74) is 0.212. The molecule has 0 aliphatic rings. The fourth-order valence-corrected chi connectivity index (χ4v) is 2.51. The van der Waals surface area contributed by atoms with Crippen LogP contribution in [0, 0.1) is 11.7 Å². The summed E-state index contributed by atoms with van der Waals surface area (Å²) in [4.78, 5) is 23.7. The number of benzene rings is 1. The molecule has 2 N–H and O–H groups in total. The van der Waals surface area contributed by atoms with Crippen LogP contribution in [-0.4, -0.2) is 31.2 Å². The second-order valence-electron chi connectivity index (χ2n) is 5.53. The van der Waals surface area contributed by atoms with Gasteiger partial charge in [-0.1, -0.05) is 13.8 Å². The Morgan fingerprint density at radius 1 is 1.35 bits per heavy atom. The van der Waals surface area contributed by atoms with Crippen molar-refractivity contribution in [3.05, 3.63) is 34.1 Å². The van der Waals surface area contributed by atoms with Gasteiger partial charge in [0.1, 0.15) is 5.82 Å². The van der Waals surface area contributed by atoms with Crippen molar-refractivity contribution >= 4 is 27.9 Å². The van der Waals surface area contributed by atoms with E-state index >= 15 is 0 Å². The smallest absolute Gasteiger partial charge is 0.407 e. The van der Waals surface area contributed by atoms with Gasteiger partial charge in [0.25, 0.3) is 5.91 Å². The molecule has 0 aliphatic heterocycles. The van der Waals surface area contributed by atoms with Crippen molar-refractivity contribution in [1.29, 1.82) is 0 Å². The fraction of sp³-hybridized carbons (Fsp3) is 0.500. The largest absolute Gasteiger partial charge is 0.450 e. The Hall–Kier alpha value is -1.63. The molecule has 0 radical (unpaired) electrons. The minimum absolute atomic E-state index is 0.212. The van der Waals surface area contributed by atoms with Gasteiger partial charge < -0.3 is 15.4 Å². The quantitative estimate of drug-likeness (QED) is 0.751. The number of ether oxygens (including phenoxy) is 1. The molecule has 2 amide bonds. The first-order valence-electron chi connectivity index (χ1n) is 7.50. The van der Waals surface area contributed by atoms with Crippen LogP contribution in [0.2, 0.25) is 0 Å². The summed E-state index contributed by atoms with van der Waals surface area (Å²) in [5.74, 6) is -0.558. The van der Waals surface area contributed by atoms with Gasteiger partial charge in [0.05, 0.1) is 12.2 Å². The lowest BCUT2D eigenvalue weighted by Gasteiger charge is -2.21. The van der Waals surface area contributed by atoms with Crippen molar-refractivity contribution in [3.8, 4) is 0 Å². The maximum absolute atomic E-state index is 13.3. The van der Waals surface area contributed by atoms with E-state index in [1.165, 1.54) is 12.1 Å². The van der Waals surface area contributed by atoms with Crippen molar-refractivity contribution in [1.82, 2.24) is 10.6 Å². The van der Waals surface area contributed by atoms with E-state index in [1.54, 1.807) is 6.92 Å². The molecule has 0 bridgehead atoms.